The third-order valence-corrected chi connectivity index (χ3v) is 4.95. The van der Waals surface area contributed by atoms with Crippen LogP contribution in [-0.2, 0) is 11.3 Å². The van der Waals surface area contributed by atoms with Gasteiger partial charge in [-0.3, -0.25) is 0 Å². The van der Waals surface area contributed by atoms with Crippen molar-refractivity contribution in [2.24, 2.45) is 5.41 Å². The van der Waals surface area contributed by atoms with Gasteiger partial charge in [-0.05, 0) is 29.3 Å². The van der Waals surface area contributed by atoms with Crippen LogP contribution in [0, 0.1) is 5.41 Å². The third-order valence-electron chi connectivity index (χ3n) is 4.22. The van der Waals surface area contributed by atoms with Crippen molar-refractivity contribution >= 4 is 11.3 Å². The van der Waals surface area contributed by atoms with Gasteiger partial charge in [-0.1, -0.05) is 13.8 Å². The average molecular weight is 269 g/mol. The Balaban J connectivity index is 1.82. The van der Waals surface area contributed by atoms with Crippen LogP contribution in [0.5, 0.6) is 0 Å². The molecule has 4 heteroatoms. The molecule has 1 heterocycles. The van der Waals surface area contributed by atoms with Crippen LogP contribution >= 0.6 is 11.3 Å². The molecule has 0 aliphatic heterocycles. The van der Waals surface area contributed by atoms with Crippen LogP contribution in [0.3, 0.4) is 0 Å². The predicted molar refractivity (Wildman–Crippen MR) is 74.8 cm³/mol. The van der Waals surface area contributed by atoms with Crippen LogP contribution in [0.2, 0.25) is 0 Å². The summed E-state index contributed by atoms with van der Waals surface area (Å²) in [5.41, 5.74) is 0.454. The van der Waals surface area contributed by atoms with Gasteiger partial charge >= 0.3 is 0 Å². The molecule has 0 spiro atoms. The van der Waals surface area contributed by atoms with Crippen molar-refractivity contribution in [3.05, 3.63) is 22.4 Å². The molecule has 2 rings (SSSR count). The SMILES string of the molecule is CCOC1CC(O)(CNCc2ccsc2)C1(C)C. The topological polar surface area (TPSA) is 41.5 Å². The molecule has 102 valence electrons. The number of rotatable bonds is 6. The Bertz CT molecular complexity index is 377. The summed E-state index contributed by atoms with van der Waals surface area (Å²) in [6.07, 6.45) is 0.903. The van der Waals surface area contributed by atoms with E-state index in [-0.39, 0.29) is 11.5 Å². The first-order valence-corrected chi connectivity index (χ1v) is 7.49. The summed E-state index contributed by atoms with van der Waals surface area (Å²) in [5, 5.41) is 18.2. The Morgan fingerprint density at radius 2 is 2.33 bits per heavy atom. The Labute approximate surface area is 113 Å². The molecule has 2 unspecified atom stereocenters. The number of hydrogen-bond acceptors (Lipinski definition) is 4. The number of nitrogens with one attached hydrogen (secondary N) is 1. The number of aliphatic hydroxyl groups is 1. The lowest BCUT2D eigenvalue weighted by Crippen LogP contribution is -2.68. The molecule has 18 heavy (non-hydrogen) atoms. The van der Waals surface area contributed by atoms with Gasteiger partial charge in [0.15, 0.2) is 0 Å². The van der Waals surface area contributed by atoms with Gasteiger partial charge in [-0.2, -0.15) is 11.3 Å². The van der Waals surface area contributed by atoms with Gasteiger partial charge in [-0.15, -0.1) is 0 Å². The maximum absolute atomic E-state index is 10.6. The van der Waals surface area contributed by atoms with Crippen LogP contribution in [-0.4, -0.2) is 30.0 Å². The lowest BCUT2D eigenvalue weighted by molar-refractivity contribution is -0.238. The van der Waals surface area contributed by atoms with Crippen LogP contribution in [0.15, 0.2) is 16.8 Å². The van der Waals surface area contributed by atoms with Gasteiger partial charge in [0, 0.05) is 31.5 Å². The van der Waals surface area contributed by atoms with Gasteiger partial charge in [-0.25, -0.2) is 0 Å². The largest absolute Gasteiger partial charge is 0.388 e. The van der Waals surface area contributed by atoms with E-state index in [1.807, 2.05) is 6.92 Å². The summed E-state index contributed by atoms with van der Waals surface area (Å²) in [6, 6.07) is 2.11. The zero-order valence-electron chi connectivity index (χ0n) is 11.4. The van der Waals surface area contributed by atoms with Crippen molar-refractivity contribution in [1.29, 1.82) is 0 Å². The molecule has 0 amide bonds. The summed E-state index contributed by atoms with van der Waals surface area (Å²) < 4.78 is 5.65. The number of thiophene rings is 1. The predicted octanol–water partition coefficient (Wildman–Crippen LogP) is 2.40. The van der Waals surface area contributed by atoms with E-state index in [0.717, 1.165) is 13.0 Å². The van der Waals surface area contributed by atoms with Crippen molar-refractivity contribution in [3.63, 3.8) is 0 Å². The van der Waals surface area contributed by atoms with Gasteiger partial charge in [0.1, 0.15) is 0 Å². The van der Waals surface area contributed by atoms with Crippen LogP contribution in [0.1, 0.15) is 32.8 Å². The minimum Gasteiger partial charge on any atom is -0.388 e. The van der Waals surface area contributed by atoms with Crippen LogP contribution in [0.25, 0.3) is 0 Å². The first kappa shape index (κ1) is 14.0. The summed E-state index contributed by atoms with van der Waals surface area (Å²) >= 11 is 1.70. The van der Waals surface area contributed by atoms with Gasteiger partial charge in [0.25, 0.3) is 0 Å². The Morgan fingerprint density at radius 1 is 1.56 bits per heavy atom. The maximum Gasteiger partial charge on any atom is 0.0871 e. The standard InChI is InChI=1S/C14H23NO2S/c1-4-17-12-7-14(16,13(12,2)3)10-15-8-11-5-6-18-9-11/h5-6,9,12,15-16H,4,7-8,10H2,1-3H3. The minimum atomic E-state index is -0.650. The van der Waals surface area contributed by atoms with Gasteiger partial charge in [0.05, 0.1) is 11.7 Å². The highest BCUT2D eigenvalue weighted by atomic mass is 32.1. The van der Waals surface area contributed by atoms with Gasteiger partial charge in [0.2, 0.25) is 0 Å². The molecule has 3 nitrogen and oxygen atoms in total. The molecule has 2 atom stereocenters. The molecular weight excluding hydrogens is 246 g/mol. The molecule has 2 N–H and O–H groups in total. The Kier molecular flexibility index (Phi) is 4.11. The zero-order valence-corrected chi connectivity index (χ0v) is 12.2. The first-order chi connectivity index (χ1) is 8.49. The fourth-order valence-electron chi connectivity index (χ4n) is 2.57. The van der Waals surface area contributed by atoms with Crippen molar-refractivity contribution in [3.8, 4) is 0 Å². The minimum absolute atomic E-state index is 0.176. The number of ether oxygens (including phenoxy) is 1. The molecular formula is C14H23NO2S. The summed E-state index contributed by atoms with van der Waals surface area (Å²) in [4.78, 5) is 0. The molecule has 0 bridgehead atoms. The van der Waals surface area contributed by atoms with Crippen molar-refractivity contribution in [1.82, 2.24) is 5.32 Å². The van der Waals surface area contributed by atoms with E-state index in [2.05, 4.69) is 36.0 Å². The lowest BCUT2D eigenvalue weighted by atomic mass is 9.56. The summed E-state index contributed by atoms with van der Waals surface area (Å²) in [5.74, 6) is 0. The van der Waals surface area contributed by atoms with Crippen LogP contribution < -0.4 is 5.32 Å². The molecule has 0 radical (unpaired) electrons. The number of hydrogen-bond donors (Lipinski definition) is 2. The van der Waals surface area contributed by atoms with E-state index in [4.69, 9.17) is 4.74 Å². The summed E-state index contributed by atoms with van der Waals surface area (Å²) in [7, 11) is 0. The fraction of sp³-hybridized carbons (Fsp3) is 0.714. The monoisotopic (exact) mass is 269 g/mol. The molecule has 1 aromatic heterocycles. The zero-order chi connectivity index (χ0) is 13.2. The highest BCUT2D eigenvalue weighted by Crippen LogP contribution is 2.50. The van der Waals surface area contributed by atoms with Crippen molar-refractivity contribution < 1.29 is 9.84 Å². The summed E-state index contributed by atoms with van der Waals surface area (Å²) in [6.45, 7) is 8.33. The normalized spacial score (nSPS) is 30.1. The first-order valence-electron chi connectivity index (χ1n) is 6.55. The Morgan fingerprint density at radius 3 is 2.89 bits per heavy atom. The van der Waals surface area contributed by atoms with E-state index >= 15 is 0 Å². The molecule has 0 aromatic carbocycles. The van der Waals surface area contributed by atoms with Gasteiger partial charge < -0.3 is 15.2 Å². The van der Waals surface area contributed by atoms with E-state index in [1.165, 1.54) is 5.56 Å². The van der Waals surface area contributed by atoms with E-state index < -0.39 is 5.60 Å². The molecule has 0 saturated heterocycles. The molecule has 1 aliphatic carbocycles. The van der Waals surface area contributed by atoms with Crippen molar-refractivity contribution in [2.45, 2.75) is 45.4 Å². The van der Waals surface area contributed by atoms with E-state index in [9.17, 15) is 5.11 Å². The second-order valence-corrected chi connectivity index (χ2v) is 6.42. The molecule has 1 aromatic rings. The lowest BCUT2D eigenvalue weighted by Gasteiger charge is -2.58. The fourth-order valence-corrected chi connectivity index (χ4v) is 3.24. The van der Waals surface area contributed by atoms with Crippen molar-refractivity contribution in [2.75, 3.05) is 13.2 Å². The van der Waals surface area contributed by atoms with E-state index in [1.54, 1.807) is 11.3 Å². The highest BCUT2D eigenvalue weighted by molar-refractivity contribution is 7.07. The highest BCUT2D eigenvalue weighted by Gasteiger charge is 2.59. The second-order valence-electron chi connectivity index (χ2n) is 5.64. The average Bonchev–Trinajstić information content (AvgIpc) is 2.82. The quantitative estimate of drug-likeness (QED) is 0.833. The molecule has 1 saturated carbocycles. The van der Waals surface area contributed by atoms with Crippen LogP contribution in [0.4, 0.5) is 0 Å². The van der Waals surface area contributed by atoms with E-state index in [0.29, 0.717) is 13.2 Å². The smallest absolute Gasteiger partial charge is 0.0871 e. The molecule has 1 aliphatic rings. The maximum atomic E-state index is 10.6. The third kappa shape index (κ3) is 2.48. The molecule has 1 fully saturated rings. The second kappa shape index (κ2) is 5.29. The Hall–Kier alpha value is -0.420.